The Morgan fingerprint density at radius 2 is 2.22 bits per heavy atom. The molecule has 0 aliphatic heterocycles. The number of fused-ring (bicyclic) bond motifs is 1. The normalized spacial score (nSPS) is 10.7. The zero-order chi connectivity index (χ0) is 12.4. The van der Waals surface area contributed by atoms with Crippen LogP contribution < -0.4 is 5.32 Å². The first-order chi connectivity index (χ1) is 8.81. The zero-order valence-corrected chi connectivity index (χ0v) is 10.9. The average molecular weight is 277 g/mol. The van der Waals surface area contributed by atoms with Gasteiger partial charge in [0.05, 0.1) is 40.4 Å². The molecule has 0 unspecified atom stereocenters. The summed E-state index contributed by atoms with van der Waals surface area (Å²) in [6.07, 6.45) is 3.22. The van der Waals surface area contributed by atoms with Gasteiger partial charge in [0.2, 0.25) is 0 Å². The summed E-state index contributed by atoms with van der Waals surface area (Å²) in [6, 6.07) is 6.07. The van der Waals surface area contributed by atoms with Crippen LogP contribution >= 0.6 is 22.9 Å². The molecule has 0 radical (unpaired) electrons. The van der Waals surface area contributed by atoms with Gasteiger partial charge in [-0.2, -0.15) is 0 Å². The Morgan fingerprint density at radius 3 is 3.11 bits per heavy atom. The lowest BCUT2D eigenvalue weighted by molar-refractivity contribution is 1.01. The fourth-order valence-electron chi connectivity index (χ4n) is 1.62. The van der Waals surface area contributed by atoms with E-state index in [0.717, 1.165) is 21.6 Å². The van der Waals surface area contributed by atoms with Crippen LogP contribution in [-0.4, -0.2) is 15.0 Å². The molecule has 0 aliphatic rings. The van der Waals surface area contributed by atoms with Crippen LogP contribution in [0.5, 0.6) is 0 Å². The van der Waals surface area contributed by atoms with Crippen molar-refractivity contribution in [3.05, 3.63) is 47.0 Å². The molecule has 1 N–H and O–H groups in total. The SMILES string of the molecule is Clc1cncc(CNc2ccc3ncsc3c2)n1. The topological polar surface area (TPSA) is 50.7 Å². The highest BCUT2D eigenvalue weighted by atomic mass is 35.5. The number of hydrogen-bond donors (Lipinski definition) is 1. The standard InChI is InChI=1S/C12H9ClN4S/c13-12-6-14-4-9(17-12)5-15-8-1-2-10-11(3-8)18-7-16-10/h1-4,6-7,15H,5H2. The van der Waals surface area contributed by atoms with E-state index in [0.29, 0.717) is 11.7 Å². The van der Waals surface area contributed by atoms with E-state index in [4.69, 9.17) is 11.6 Å². The third-order valence-corrected chi connectivity index (χ3v) is 3.43. The summed E-state index contributed by atoms with van der Waals surface area (Å²) in [5.74, 6) is 0. The van der Waals surface area contributed by atoms with Gasteiger partial charge in [-0.15, -0.1) is 11.3 Å². The largest absolute Gasteiger partial charge is 0.379 e. The monoisotopic (exact) mass is 276 g/mol. The Labute approximate surface area is 113 Å². The van der Waals surface area contributed by atoms with Crippen LogP contribution in [0, 0.1) is 0 Å². The molecule has 1 aromatic carbocycles. The summed E-state index contributed by atoms with van der Waals surface area (Å²) in [4.78, 5) is 12.4. The molecule has 3 aromatic rings. The van der Waals surface area contributed by atoms with E-state index < -0.39 is 0 Å². The second-order valence-corrected chi connectivity index (χ2v) is 5.00. The maximum atomic E-state index is 5.78. The molecule has 0 bridgehead atoms. The molecule has 4 nitrogen and oxygen atoms in total. The van der Waals surface area contributed by atoms with Crippen LogP contribution in [0.15, 0.2) is 36.1 Å². The smallest absolute Gasteiger partial charge is 0.147 e. The molecule has 3 rings (SSSR count). The Balaban J connectivity index is 1.76. The molecule has 18 heavy (non-hydrogen) atoms. The minimum absolute atomic E-state index is 0.409. The molecule has 2 aromatic heterocycles. The first-order valence-corrected chi connectivity index (χ1v) is 6.60. The van der Waals surface area contributed by atoms with E-state index in [1.807, 2.05) is 17.6 Å². The average Bonchev–Trinajstić information content (AvgIpc) is 2.84. The van der Waals surface area contributed by atoms with Crippen LogP contribution in [0.3, 0.4) is 0 Å². The van der Waals surface area contributed by atoms with Crippen molar-refractivity contribution in [1.29, 1.82) is 0 Å². The number of thiazole rings is 1. The van der Waals surface area contributed by atoms with Crippen molar-refractivity contribution in [3.63, 3.8) is 0 Å². The number of halogens is 1. The molecule has 0 saturated carbocycles. The van der Waals surface area contributed by atoms with E-state index in [1.165, 1.54) is 6.20 Å². The van der Waals surface area contributed by atoms with Crippen molar-refractivity contribution < 1.29 is 0 Å². The van der Waals surface area contributed by atoms with Crippen molar-refractivity contribution >= 4 is 38.8 Å². The number of aromatic nitrogens is 3. The van der Waals surface area contributed by atoms with Gasteiger partial charge in [-0.3, -0.25) is 4.98 Å². The fraction of sp³-hybridized carbons (Fsp3) is 0.0833. The lowest BCUT2D eigenvalue weighted by Crippen LogP contribution is -2.02. The Kier molecular flexibility index (Phi) is 3.08. The summed E-state index contributed by atoms with van der Waals surface area (Å²) < 4.78 is 1.16. The number of anilines is 1. The van der Waals surface area contributed by atoms with Gasteiger partial charge in [0.25, 0.3) is 0 Å². The Hall–Kier alpha value is -1.72. The van der Waals surface area contributed by atoms with Crippen molar-refractivity contribution in [2.24, 2.45) is 0 Å². The molecule has 2 heterocycles. The van der Waals surface area contributed by atoms with E-state index >= 15 is 0 Å². The zero-order valence-electron chi connectivity index (χ0n) is 9.30. The maximum Gasteiger partial charge on any atom is 0.147 e. The second-order valence-electron chi connectivity index (χ2n) is 3.72. The number of nitrogens with one attached hydrogen (secondary N) is 1. The molecule has 0 aliphatic carbocycles. The summed E-state index contributed by atoms with van der Waals surface area (Å²) in [7, 11) is 0. The molecule has 90 valence electrons. The Morgan fingerprint density at radius 1 is 1.28 bits per heavy atom. The van der Waals surface area contributed by atoms with E-state index in [2.05, 4.69) is 26.3 Å². The van der Waals surface area contributed by atoms with Gasteiger partial charge in [0.1, 0.15) is 5.15 Å². The predicted molar refractivity (Wildman–Crippen MR) is 74.0 cm³/mol. The van der Waals surface area contributed by atoms with Gasteiger partial charge in [0, 0.05) is 5.69 Å². The van der Waals surface area contributed by atoms with E-state index in [9.17, 15) is 0 Å². The van der Waals surface area contributed by atoms with E-state index in [-0.39, 0.29) is 0 Å². The summed E-state index contributed by atoms with van der Waals surface area (Å²) >= 11 is 7.41. The van der Waals surface area contributed by atoms with E-state index in [1.54, 1.807) is 17.5 Å². The first kappa shape index (κ1) is 11.4. The molecule has 6 heteroatoms. The number of benzene rings is 1. The van der Waals surface area contributed by atoms with Crippen LogP contribution in [0.25, 0.3) is 10.2 Å². The van der Waals surface area contributed by atoms with Gasteiger partial charge in [-0.1, -0.05) is 11.6 Å². The molecular weight excluding hydrogens is 268 g/mol. The van der Waals surface area contributed by atoms with Crippen LogP contribution in [-0.2, 0) is 6.54 Å². The van der Waals surface area contributed by atoms with Gasteiger partial charge < -0.3 is 5.32 Å². The number of nitrogens with zero attached hydrogens (tertiary/aromatic N) is 3. The minimum Gasteiger partial charge on any atom is -0.379 e. The second kappa shape index (κ2) is 4.88. The fourth-order valence-corrected chi connectivity index (χ4v) is 2.50. The van der Waals surface area contributed by atoms with Crippen molar-refractivity contribution in [2.75, 3.05) is 5.32 Å². The van der Waals surface area contributed by atoms with Crippen LogP contribution in [0.1, 0.15) is 5.69 Å². The third-order valence-electron chi connectivity index (χ3n) is 2.46. The molecule has 0 fully saturated rings. The summed E-state index contributed by atoms with van der Waals surface area (Å²) in [5, 5.41) is 3.70. The van der Waals surface area contributed by atoms with Crippen LogP contribution in [0.2, 0.25) is 5.15 Å². The summed E-state index contributed by atoms with van der Waals surface area (Å²) in [6.45, 7) is 0.595. The molecule has 0 spiro atoms. The quantitative estimate of drug-likeness (QED) is 0.797. The number of hydrogen-bond acceptors (Lipinski definition) is 5. The van der Waals surface area contributed by atoms with Crippen molar-refractivity contribution in [2.45, 2.75) is 6.54 Å². The third kappa shape index (κ3) is 2.42. The lowest BCUT2D eigenvalue weighted by Gasteiger charge is -2.05. The highest BCUT2D eigenvalue weighted by Gasteiger charge is 2.00. The van der Waals surface area contributed by atoms with Gasteiger partial charge >= 0.3 is 0 Å². The van der Waals surface area contributed by atoms with Crippen LogP contribution in [0.4, 0.5) is 5.69 Å². The van der Waals surface area contributed by atoms with Gasteiger partial charge in [-0.05, 0) is 18.2 Å². The number of rotatable bonds is 3. The van der Waals surface area contributed by atoms with Gasteiger partial charge in [0.15, 0.2) is 0 Å². The van der Waals surface area contributed by atoms with Crippen molar-refractivity contribution in [3.8, 4) is 0 Å². The van der Waals surface area contributed by atoms with Gasteiger partial charge in [-0.25, -0.2) is 9.97 Å². The Bertz CT molecular complexity index is 682. The molecular formula is C12H9ClN4S. The minimum atomic E-state index is 0.409. The van der Waals surface area contributed by atoms with Crippen molar-refractivity contribution in [1.82, 2.24) is 15.0 Å². The lowest BCUT2D eigenvalue weighted by atomic mass is 10.3. The highest BCUT2D eigenvalue weighted by Crippen LogP contribution is 2.22. The highest BCUT2D eigenvalue weighted by molar-refractivity contribution is 7.16. The molecule has 0 saturated heterocycles. The summed E-state index contributed by atoms with van der Waals surface area (Å²) in [5.41, 5.74) is 4.71. The maximum absolute atomic E-state index is 5.78. The molecule has 0 atom stereocenters. The predicted octanol–water partition coefficient (Wildman–Crippen LogP) is 3.35. The first-order valence-electron chi connectivity index (χ1n) is 5.35. The molecule has 0 amide bonds.